The van der Waals surface area contributed by atoms with Crippen molar-refractivity contribution in [1.82, 2.24) is 59.8 Å². The van der Waals surface area contributed by atoms with Gasteiger partial charge in [0.1, 0.15) is 37.0 Å². The summed E-state index contributed by atoms with van der Waals surface area (Å²) < 4.78 is 33.4. The first-order valence-corrected chi connectivity index (χ1v) is 45.9. The molecule has 0 radical (unpaired) electrons. The second-order valence-corrected chi connectivity index (χ2v) is 45.0. The number of aromatic amines is 1. The monoisotopic (exact) mass is 1530 g/mol. The molecule has 3 spiro atoms. The van der Waals surface area contributed by atoms with Gasteiger partial charge >= 0.3 is 0 Å². The van der Waals surface area contributed by atoms with Crippen molar-refractivity contribution in [2.45, 2.75) is 142 Å². The highest BCUT2D eigenvalue weighted by molar-refractivity contribution is 6.76. The molecule has 578 valence electrons. The molecule has 9 heterocycles. The summed E-state index contributed by atoms with van der Waals surface area (Å²) in [6.45, 7) is 25.1. The van der Waals surface area contributed by atoms with Crippen LogP contribution in [0.1, 0.15) is 67.4 Å². The Balaban J connectivity index is 0.000000132. The van der Waals surface area contributed by atoms with E-state index in [-0.39, 0.29) is 25.7 Å². The Bertz CT molecular complexity index is 5080. The lowest BCUT2D eigenvalue weighted by molar-refractivity contribution is -0.131. The second-order valence-electron chi connectivity index (χ2n) is 33.7. The van der Waals surface area contributed by atoms with E-state index in [1.165, 1.54) is 21.9 Å². The van der Waals surface area contributed by atoms with E-state index in [2.05, 4.69) is 150 Å². The van der Waals surface area contributed by atoms with Gasteiger partial charge in [-0.1, -0.05) is 101 Å². The Morgan fingerprint density at radius 1 is 0.459 bits per heavy atom. The third-order valence-corrected chi connectivity index (χ3v) is 25.3. The fraction of sp³-hybridized carbons (Fsp3) is 0.375. The Hall–Kier alpha value is -9.64. The summed E-state index contributed by atoms with van der Waals surface area (Å²) in [5.74, 6) is 3.86. The predicted molar refractivity (Wildman–Crippen MR) is 442 cm³/mol. The van der Waals surface area contributed by atoms with Crippen molar-refractivity contribution in [3.05, 3.63) is 218 Å². The minimum absolute atomic E-state index is 0. The molecule has 3 saturated carbocycles. The number of likely N-dealkylation sites (tertiary alicyclic amines) is 2. The number of ether oxygens (including phenoxy) is 5. The summed E-state index contributed by atoms with van der Waals surface area (Å²) in [6.07, 6.45) is 17.4. The maximum atomic E-state index is 10.9. The molecular formula is C88H104N12O9Si2. The van der Waals surface area contributed by atoms with Gasteiger partial charge in [0, 0.05) is 176 Å². The zero-order valence-electron chi connectivity index (χ0n) is 63.8. The summed E-state index contributed by atoms with van der Waals surface area (Å²) in [7, 11) is -2.22. The molecule has 6 aromatic carbocycles. The average molecular weight is 1530 g/mol. The second kappa shape index (κ2) is 33.7. The highest BCUT2D eigenvalue weighted by Crippen LogP contribution is 2.50. The predicted octanol–water partition coefficient (Wildman–Crippen LogP) is 16.9. The number of nitrogens with one attached hydrogen (secondary N) is 2. The van der Waals surface area contributed by atoms with Gasteiger partial charge in [0.15, 0.2) is 0 Å². The van der Waals surface area contributed by atoms with E-state index in [9.17, 15) is 15.0 Å². The molecule has 0 unspecified atom stereocenters. The van der Waals surface area contributed by atoms with Crippen molar-refractivity contribution in [2.24, 2.45) is 16.2 Å². The topological polar surface area (TPSA) is 245 Å². The van der Waals surface area contributed by atoms with Crippen molar-refractivity contribution in [2.75, 3.05) is 52.5 Å². The van der Waals surface area contributed by atoms with E-state index in [0.29, 0.717) is 58.7 Å². The van der Waals surface area contributed by atoms with Crippen LogP contribution in [0.25, 0.3) is 66.1 Å². The number of aldehydes is 1. The number of carbonyl (C=O) groups is 1. The molecule has 3 aliphatic heterocycles. The quantitative estimate of drug-likeness (QED) is 0.0214. The summed E-state index contributed by atoms with van der Waals surface area (Å²) in [5, 5.41) is 53.8. The van der Waals surface area contributed by atoms with Gasteiger partial charge in [-0.25, -0.2) is 24.3 Å². The highest BCUT2D eigenvalue weighted by Gasteiger charge is 2.52. The highest BCUT2D eigenvalue weighted by atomic mass is 28.3. The standard InChI is InChI=1S/C31H38N4O3Si.C25H24N4O2.C25H27N3O3Si.C6H11NO.CH4/c1-39(2,3)13-12-37-22-35-29(10-11-33-35)26-7-9-30(32-18-26)38-28-8-6-24-14-23(4-5-25(24)15-28)19-34-20-31(21-34)16-27(36)17-31;30-21-11-25(12-21)15-29(16-25)14-17-1-2-19-10-22(5-3-18(19)9-17)31-24-6-4-20(13-26-24)23-7-8-27-28-23;1-32(2,3)13-12-30-18-28-24(10-11-27-28)22-7-9-25(26-16-22)31-23-8-6-20-14-19(17-29)4-5-21(20)15-23;8-5-1-6(2-5)3-7-4-6;/h4-11,14-15,18,27,36H,12-13,16-17,19-22H2,1-3H3;1-10,13,21,30H,11-12,14-16H2,(H,27,28);4-11,14-17H,12-13,18H2,1-3H3;5,7-8H,1-4H2;1H4. The molecule has 6 aliphatic rings. The Morgan fingerprint density at radius 2 is 0.856 bits per heavy atom. The van der Waals surface area contributed by atoms with Gasteiger partial charge in [-0.3, -0.25) is 19.7 Å². The van der Waals surface area contributed by atoms with Crippen LogP contribution in [-0.4, -0.2) is 163 Å². The number of pyridine rings is 3. The zero-order valence-corrected chi connectivity index (χ0v) is 65.8. The zero-order chi connectivity index (χ0) is 76.0. The first-order chi connectivity index (χ1) is 53.1. The van der Waals surface area contributed by atoms with E-state index in [1.54, 1.807) is 37.1 Å². The van der Waals surface area contributed by atoms with Crippen LogP contribution in [0.15, 0.2) is 201 Å². The van der Waals surface area contributed by atoms with E-state index >= 15 is 0 Å². The fourth-order valence-electron chi connectivity index (χ4n) is 15.9. The maximum absolute atomic E-state index is 10.9. The minimum Gasteiger partial charge on any atom is -0.439 e. The summed E-state index contributed by atoms with van der Waals surface area (Å²) in [6, 6.07) is 56.6. The minimum atomic E-state index is -1.11. The first kappa shape index (κ1) is 78.1. The van der Waals surface area contributed by atoms with Crippen molar-refractivity contribution in [1.29, 1.82) is 0 Å². The van der Waals surface area contributed by atoms with Crippen LogP contribution in [0.5, 0.6) is 34.9 Å². The molecule has 0 amide bonds. The average Bonchev–Trinajstić information content (AvgIpc) is 1.06. The lowest BCUT2D eigenvalue weighted by Gasteiger charge is -2.58. The third kappa shape index (κ3) is 19.8. The molecule has 6 fully saturated rings. The molecule has 0 atom stereocenters. The summed E-state index contributed by atoms with van der Waals surface area (Å²) in [5.41, 5.74) is 10.4. The van der Waals surface area contributed by atoms with E-state index in [0.717, 1.165) is 189 Å². The van der Waals surface area contributed by atoms with Gasteiger partial charge in [0.2, 0.25) is 17.6 Å². The van der Waals surface area contributed by atoms with Crippen LogP contribution in [0.3, 0.4) is 0 Å². The van der Waals surface area contributed by atoms with Crippen molar-refractivity contribution in [3.8, 4) is 68.7 Å². The Labute approximate surface area is 652 Å². The number of carbonyl (C=O) groups excluding carboxylic acids is 1. The first-order valence-electron chi connectivity index (χ1n) is 38.5. The molecule has 12 aromatic rings. The van der Waals surface area contributed by atoms with Gasteiger partial charge in [-0.2, -0.15) is 15.3 Å². The molecule has 18 rings (SSSR count). The molecule has 5 N–H and O–H groups in total. The lowest BCUT2D eigenvalue weighted by Crippen LogP contribution is -2.63. The van der Waals surface area contributed by atoms with Crippen LogP contribution in [0.2, 0.25) is 51.4 Å². The molecule has 23 heteroatoms. The number of aliphatic hydroxyl groups excluding tert-OH is 3. The molecule has 21 nitrogen and oxygen atoms in total. The number of rotatable bonds is 24. The third-order valence-electron chi connectivity index (χ3n) is 21.9. The van der Waals surface area contributed by atoms with Crippen molar-refractivity contribution < 1.29 is 43.8 Å². The largest absolute Gasteiger partial charge is 0.439 e. The van der Waals surface area contributed by atoms with Gasteiger partial charge < -0.3 is 44.3 Å². The number of benzene rings is 6. The van der Waals surface area contributed by atoms with E-state index in [4.69, 9.17) is 28.8 Å². The number of aromatic nitrogens is 9. The number of hydrogen-bond acceptors (Lipinski definition) is 18. The summed E-state index contributed by atoms with van der Waals surface area (Å²) >= 11 is 0. The van der Waals surface area contributed by atoms with Crippen LogP contribution >= 0.6 is 0 Å². The number of hydrogen-bond donors (Lipinski definition) is 5. The Morgan fingerprint density at radius 3 is 1.22 bits per heavy atom. The van der Waals surface area contributed by atoms with Gasteiger partial charge in [-0.15, -0.1) is 0 Å². The van der Waals surface area contributed by atoms with Crippen LogP contribution in [-0.2, 0) is 36.0 Å². The van der Waals surface area contributed by atoms with E-state index < -0.39 is 16.1 Å². The fourth-order valence-corrected chi connectivity index (χ4v) is 17.4. The summed E-state index contributed by atoms with van der Waals surface area (Å²) in [4.78, 5) is 29.3. The van der Waals surface area contributed by atoms with Crippen LogP contribution in [0, 0.1) is 16.2 Å². The number of H-pyrrole nitrogens is 1. The molecule has 3 saturated heterocycles. The smallest absolute Gasteiger partial charge is 0.219 e. The van der Waals surface area contributed by atoms with Crippen LogP contribution in [0.4, 0.5) is 0 Å². The van der Waals surface area contributed by atoms with Gasteiger partial charge in [-0.05, 0) is 185 Å². The van der Waals surface area contributed by atoms with Crippen molar-refractivity contribution >= 4 is 54.8 Å². The molecule has 6 aromatic heterocycles. The molecule has 3 aliphatic carbocycles. The SMILES string of the molecule is C.C[Si](C)(C)CCOCn1nccc1-c1ccc(Oc2ccc3cc(C=O)ccc3c2)nc1.C[Si](C)(C)CCOCn1nccc1-c1ccc(Oc2ccc3cc(CN4CC5(CC(O)C5)C4)ccc3c2)nc1.OC1CC2(C1)CN(Cc1ccc3cc(Oc4ccc(-c5ccn[nH]5)cn4)ccc3c1)C2.OC1CC2(CNC2)C1. The van der Waals surface area contributed by atoms with E-state index in [1.807, 2.05) is 113 Å². The lowest BCUT2D eigenvalue weighted by atomic mass is 9.62. The normalized spacial score (nSPS) is 17.9. The Kier molecular flexibility index (Phi) is 23.7. The van der Waals surface area contributed by atoms with Gasteiger partial charge in [0.25, 0.3) is 0 Å². The van der Waals surface area contributed by atoms with Crippen molar-refractivity contribution in [3.63, 3.8) is 0 Å². The van der Waals surface area contributed by atoms with Crippen LogP contribution < -0.4 is 19.5 Å². The molecule has 111 heavy (non-hydrogen) atoms. The number of aliphatic hydroxyl groups is 3. The molecular weight excluding hydrogens is 1430 g/mol. The van der Waals surface area contributed by atoms with Gasteiger partial charge in [0.05, 0.1) is 35.4 Å². The number of nitrogens with zero attached hydrogens (tertiary/aromatic N) is 10. The number of fused-ring (bicyclic) bond motifs is 3. The molecule has 0 bridgehead atoms. The maximum Gasteiger partial charge on any atom is 0.219 e.